The van der Waals surface area contributed by atoms with E-state index in [-0.39, 0.29) is 36.5 Å². The maximum Gasteiger partial charge on any atom is 0.329 e. The van der Waals surface area contributed by atoms with Crippen LogP contribution in [0.3, 0.4) is 0 Å². The van der Waals surface area contributed by atoms with E-state index in [1.54, 1.807) is 31.2 Å². The Kier molecular flexibility index (Phi) is 6.68. The quantitative estimate of drug-likeness (QED) is 0.454. The van der Waals surface area contributed by atoms with Crippen LogP contribution < -0.4 is 27.6 Å². The summed E-state index contributed by atoms with van der Waals surface area (Å²) in [6, 6.07) is 6.74. The normalized spacial score (nSPS) is 15.7. The zero-order chi connectivity index (χ0) is 21.7. The van der Waals surface area contributed by atoms with E-state index in [4.69, 9.17) is 10.5 Å². The van der Waals surface area contributed by atoms with Gasteiger partial charge in [0.15, 0.2) is 5.78 Å². The maximum atomic E-state index is 12.6. The highest BCUT2D eigenvalue weighted by molar-refractivity contribution is 6.04. The van der Waals surface area contributed by atoms with Gasteiger partial charge in [-0.15, -0.1) is 0 Å². The Bertz CT molecular complexity index is 1050. The van der Waals surface area contributed by atoms with E-state index >= 15 is 0 Å². The number of benzene rings is 1. The number of Topliss-reactive ketones (excluding diaryl/α,β-unsaturated/α-hetero) is 1. The molecule has 0 bridgehead atoms. The van der Waals surface area contributed by atoms with Crippen LogP contribution in [0.1, 0.15) is 40.5 Å². The second-order valence-electron chi connectivity index (χ2n) is 6.93. The Morgan fingerprint density at radius 2 is 2.07 bits per heavy atom. The number of carbonyl (C=O) groups excluding carboxylic acids is 2. The molecule has 5 N–H and O–H groups in total. The Morgan fingerprint density at radius 3 is 2.77 bits per heavy atom. The molecule has 1 aliphatic heterocycles. The van der Waals surface area contributed by atoms with Gasteiger partial charge in [0, 0.05) is 25.4 Å². The van der Waals surface area contributed by atoms with E-state index in [0.29, 0.717) is 24.4 Å². The molecule has 3 rings (SSSR count). The van der Waals surface area contributed by atoms with E-state index in [2.05, 4.69) is 15.6 Å². The third-order valence-corrected chi connectivity index (χ3v) is 4.96. The number of rotatable bonds is 8. The monoisotopic (exact) mass is 415 g/mol. The largest absolute Gasteiger partial charge is 0.384 e. The van der Waals surface area contributed by atoms with Crippen LogP contribution in [0.5, 0.6) is 0 Å². The maximum absolute atomic E-state index is 12.6. The van der Waals surface area contributed by atoms with Gasteiger partial charge in [0.1, 0.15) is 11.4 Å². The zero-order valence-electron chi connectivity index (χ0n) is 16.7. The number of carbonyl (C=O) groups is 2. The van der Waals surface area contributed by atoms with E-state index in [1.807, 2.05) is 0 Å². The molecule has 160 valence electrons. The number of hydrogen-bond donors (Lipinski definition) is 4. The average molecular weight is 415 g/mol. The topological polar surface area (TPSA) is 148 Å². The molecule has 1 atom stereocenters. The van der Waals surface area contributed by atoms with Crippen LogP contribution in [0.25, 0.3) is 0 Å². The Labute approximate surface area is 172 Å². The van der Waals surface area contributed by atoms with Gasteiger partial charge in [0.2, 0.25) is 0 Å². The Balaban J connectivity index is 1.72. The van der Waals surface area contributed by atoms with Gasteiger partial charge in [-0.2, -0.15) is 0 Å². The summed E-state index contributed by atoms with van der Waals surface area (Å²) in [6.07, 6.45) is 1.90. The number of para-hydroxylation sites is 1. The van der Waals surface area contributed by atoms with Gasteiger partial charge in [-0.3, -0.25) is 23.9 Å². The van der Waals surface area contributed by atoms with Gasteiger partial charge in [-0.25, -0.2) is 4.79 Å². The lowest BCUT2D eigenvalue weighted by molar-refractivity contribution is 0.0858. The van der Waals surface area contributed by atoms with Crippen molar-refractivity contribution in [1.82, 2.24) is 14.9 Å². The van der Waals surface area contributed by atoms with Gasteiger partial charge in [-0.1, -0.05) is 12.1 Å². The van der Waals surface area contributed by atoms with Crippen LogP contribution in [-0.4, -0.2) is 47.0 Å². The second-order valence-corrected chi connectivity index (χ2v) is 6.93. The third-order valence-electron chi connectivity index (χ3n) is 4.96. The number of nitrogens with one attached hydrogen (secondary N) is 3. The molecule has 0 spiro atoms. The summed E-state index contributed by atoms with van der Waals surface area (Å²) in [5, 5.41) is 5.73. The van der Waals surface area contributed by atoms with Gasteiger partial charge < -0.3 is 21.1 Å². The second kappa shape index (κ2) is 9.40. The fraction of sp³-hybridized carbons (Fsp3) is 0.400. The van der Waals surface area contributed by atoms with Crippen molar-refractivity contribution in [2.45, 2.75) is 32.4 Å². The summed E-state index contributed by atoms with van der Waals surface area (Å²) in [5.74, 6) is -1.07. The van der Waals surface area contributed by atoms with Crippen LogP contribution in [0.4, 0.5) is 11.5 Å². The molecule has 1 saturated heterocycles. The molecule has 10 heteroatoms. The van der Waals surface area contributed by atoms with E-state index < -0.39 is 17.0 Å². The molecule has 0 radical (unpaired) electrons. The number of aromatic nitrogens is 2. The molecule has 1 amide bonds. The van der Waals surface area contributed by atoms with Gasteiger partial charge >= 0.3 is 5.69 Å². The molecule has 0 saturated carbocycles. The van der Waals surface area contributed by atoms with Crippen LogP contribution >= 0.6 is 0 Å². The molecular weight excluding hydrogens is 390 g/mol. The fourth-order valence-corrected chi connectivity index (χ4v) is 3.38. The van der Waals surface area contributed by atoms with Crippen molar-refractivity contribution in [3.63, 3.8) is 0 Å². The van der Waals surface area contributed by atoms with Gasteiger partial charge in [0.05, 0.1) is 18.2 Å². The summed E-state index contributed by atoms with van der Waals surface area (Å²) in [4.78, 5) is 51.1. The minimum atomic E-state index is -0.836. The summed E-state index contributed by atoms with van der Waals surface area (Å²) >= 11 is 0. The van der Waals surface area contributed by atoms with E-state index in [1.165, 1.54) is 0 Å². The number of nitrogens with two attached hydrogens (primary N) is 1. The van der Waals surface area contributed by atoms with Crippen LogP contribution in [0, 0.1) is 0 Å². The molecule has 1 aromatic carbocycles. The predicted molar refractivity (Wildman–Crippen MR) is 112 cm³/mol. The first-order valence-corrected chi connectivity index (χ1v) is 9.80. The Morgan fingerprint density at radius 1 is 1.30 bits per heavy atom. The predicted octanol–water partition coefficient (Wildman–Crippen LogP) is 0.342. The molecule has 1 aromatic heterocycles. The van der Waals surface area contributed by atoms with Crippen molar-refractivity contribution >= 4 is 23.2 Å². The third kappa shape index (κ3) is 4.60. The summed E-state index contributed by atoms with van der Waals surface area (Å²) in [6.45, 7) is 2.73. The molecule has 1 fully saturated rings. The molecule has 0 unspecified atom stereocenters. The molecule has 2 heterocycles. The van der Waals surface area contributed by atoms with Crippen LogP contribution in [0.2, 0.25) is 0 Å². The highest BCUT2D eigenvalue weighted by Gasteiger charge is 2.20. The van der Waals surface area contributed by atoms with Crippen molar-refractivity contribution in [1.29, 1.82) is 0 Å². The van der Waals surface area contributed by atoms with Crippen molar-refractivity contribution in [3.8, 4) is 0 Å². The lowest BCUT2D eigenvalue weighted by atomic mass is 10.1. The first kappa shape index (κ1) is 21.3. The van der Waals surface area contributed by atoms with E-state index in [9.17, 15) is 19.2 Å². The fourth-order valence-electron chi connectivity index (χ4n) is 3.38. The first-order chi connectivity index (χ1) is 14.4. The summed E-state index contributed by atoms with van der Waals surface area (Å²) in [7, 11) is 0. The average Bonchev–Trinajstić information content (AvgIpc) is 3.24. The standard InChI is InChI=1S/C20H25N5O5/c1-2-25-17(21)16(19(28)24-20(25)29)15(26)11-22-14-8-4-3-7-13(14)18(27)23-10-12-6-5-9-30-12/h3-4,7-8,12,22H,2,5-6,9-11,21H2,1H3,(H,23,27)(H,24,28,29)/t12-/m1/s1. The molecule has 10 nitrogen and oxygen atoms in total. The van der Waals surface area contributed by atoms with Crippen molar-refractivity contribution in [2.75, 3.05) is 30.7 Å². The molecule has 2 aromatic rings. The highest BCUT2D eigenvalue weighted by atomic mass is 16.5. The molecule has 1 aliphatic rings. The molecule has 30 heavy (non-hydrogen) atoms. The number of amides is 1. The minimum Gasteiger partial charge on any atom is -0.384 e. The number of anilines is 2. The van der Waals surface area contributed by atoms with Crippen LogP contribution in [-0.2, 0) is 11.3 Å². The number of H-pyrrole nitrogens is 1. The Hall–Kier alpha value is -3.40. The lowest BCUT2D eigenvalue weighted by Crippen LogP contribution is -2.37. The van der Waals surface area contributed by atoms with Crippen molar-refractivity contribution in [2.24, 2.45) is 0 Å². The molecule has 0 aliphatic carbocycles. The SMILES string of the molecule is CCn1c(N)c(C(=O)CNc2ccccc2C(=O)NC[C@H]2CCCO2)c(=O)[nH]c1=O. The highest BCUT2D eigenvalue weighted by Crippen LogP contribution is 2.16. The molecular formula is C20H25N5O5. The number of aromatic amines is 1. The smallest absolute Gasteiger partial charge is 0.329 e. The zero-order valence-corrected chi connectivity index (χ0v) is 16.7. The van der Waals surface area contributed by atoms with Gasteiger partial charge in [-0.05, 0) is 31.9 Å². The first-order valence-electron chi connectivity index (χ1n) is 9.80. The van der Waals surface area contributed by atoms with Crippen LogP contribution in [0.15, 0.2) is 33.9 Å². The summed E-state index contributed by atoms with van der Waals surface area (Å²) < 4.78 is 6.62. The summed E-state index contributed by atoms with van der Waals surface area (Å²) in [5.41, 5.74) is 4.87. The number of ether oxygens (including phenoxy) is 1. The van der Waals surface area contributed by atoms with Crippen molar-refractivity contribution < 1.29 is 14.3 Å². The van der Waals surface area contributed by atoms with E-state index in [0.717, 1.165) is 17.4 Å². The minimum absolute atomic E-state index is 0.0135. The number of hydrogen-bond acceptors (Lipinski definition) is 7. The van der Waals surface area contributed by atoms with Gasteiger partial charge in [0.25, 0.3) is 11.5 Å². The van der Waals surface area contributed by atoms with Crippen molar-refractivity contribution in [3.05, 3.63) is 56.2 Å². The number of nitrogens with zero attached hydrogens (tertiary/aromatic N) is 1. The number of nitrogen functional groups attached to an aromatic ring is 1. The number of ketones is 1. The lowest BCUT2D eigenvalue weighted by Gasteiger charge is -2.14.